The van der Waals surface area contributed by atoms with E-state index in [9.17, 15) is 0 Å². The SMILES string of the molecule is CC(C)c1ccc[c-]1C(C)C.[Zr].[cH-]1[cH-][cH-][cH-][cH-]1. The van der Waals surface area contributed by atoms with Crippen LogP contribution in [-0.4, -0.2) is 0 Å². The van der Waals surface area contributed by atoms with Crippen LogP contribution in [0.25, 0.3) is 0 Å². The number of rotatable bonds is 2. The molecule has 2 rings (SSSR count). The van der Waals surface area contributed by atoms with Crippen LogP contribution in [0.15, 0.2) is 48.5 Å². The van der Waals surface area contributed by atoms with Crippen molar-refractivity contribution in [2.24, 2.45) is 0 Å². The van der Waals surface area contributed by atoms with Crippen molar-refractivity contribution in [2.75, 3.05) is 0 Å². The van der Waals surface area contributed by atoms with E-state index in [1.165, 1.54) is 11.1 Å². The Morgan fingerprint density at radius 1 is 0.941 bits per heavy atom. The second-order valence-corrected chi connectivity index (χ2v) is 4.71. The summed E-state index contributed by atoms with van der Waals surface area (Å²) in [5.41, 5.74) is 3.03. The van der Waals surface area contributed by atoms with Gasteiger partial charge in [-0.15, -0.1) is 0 Å². The van der Waals surface area contributed by atoms with E-state index in [1.807, 2.05) is 30.3 Å². The third-order valence-corrected chi connectivity index (χ3v) is 2.68. The first-order valence-electron chi connectivity index (χ1n) is 6.05. The number of hydrogen-bond acceptors (Lipinski definition) is 0. The summed E-state index contributed by atoms with van der Waals surface area (Å²) in [7, 11) is 0. The predicted octanol–water partition coefficient (Wildman–Crippen LogP) is 5.06. The second-order valence-electron chi connectivity index (χ2n) is 4.71. The monoisotopic (exact) mass is 304 g/mol. The molecule has 0 spiro atoms. The van der Waals surface area contributed by atoms with E-state index >= 15 is 0 Å². The Hall–Kier alpha value is -0.417. The molecule has 2 aromatic carbocycles. The Bertz CT molecular complexity index is 326. The standard InChI is InChI=1S/C11H17.C5H5.Zr/c1-8(2)10-6-5-7-11(10)9(3)4;1-2-4-5-3-1;/h5-9H,1-4H3;1-5H;/q-1;-5;. The van der Waals surface area contributed by atoms with Gasteiger partial charge in [0.15, 0.2) is 0 Å². The summed E-state index contributed by atoms with van der Waals surface area (Å²) in [6.45, 7) is 9.00. The maximum absolute atomic E-state index is 2.25. The summed E-state index contributed by atoms with van der Waals surface area (Å²) in [5, 5.41) is 0. The van der Waals surface area contributed by atoms with Gasteiger partial charge in [-0.2, -0.15) is 17.2 Å². The van der Waals surface area contributed by atoms with E-state index in [2.05, 4.69) is 45.9 Å². The van der Waals surface area contributed by atoms with Gasteiger partial charge in [0.2, 0.25) is 0 Å². The summed E-state index contributed by atoms with van der Waals surface area (Å²) >= 11 is 0. The van der Waals surface area contributed by atoms with Crippen molar-refractivity contribution in [3.63, 3.8) is 0 Å². The van der Waals surface area contributed by atoms with Gasteiger partial charge in [0.25, 0.3) is 0 Å². The zero-order valence-electron chi connectivity index (χ0n) is 11.3. The van der Waals surface area contributed by atoms with Crippen LogP contribution in [0.5, 0.6) is 0 Å². The van der Waals surface area contributed by atoms with E-state index < -0.39 is 0 Å². The summed E-state index contributed by atoms with van der Waals surface area (Å²) < 4.78 is 0. The first-order chi connectivity index (χ1) is 7.63. The van der Waals surface area contributed by atoms with Crippen LogP contribution in [0.1, 0.15) is 50.7 Å². The van der Waals surface area contributed by atoms with Gasteiger partial charge in [-0.05, 0) is 5.92 Å². The molecule has 1 heteroatoms. The van der Waals surface area contributed by atoms with Crippen molar-refractivity contribution < 1.29 is 26.2 Å². The first-order valence-corrected chi connectivity index (χ1v) is 6.05. The van der Waals surface area contributed by atoms with E-state index in [4.69, 9.17) is 0 Å². The third kappa shape index (κ3) is 5.64. The summed E-state index contributed by atoms with van der Waals surface area (Å²) in [5.74, 6) is 1.34. The Balaban J connectivity index is 0.000000360. The molecule has 0 unspecified atom stereocenters. The molecule has 0 bridgehead atoms. The van der Waals surface area contributed by atoms with E-state index in [1.54, 1.807) is 0 Å². The van der Waals surface area contributed by atoms with E-state index in [-0.39, 0.29) is 26.2 Å². The summed E-state index contributed by atoms with van der Waals surface area (Å²) in [4.78, 5) is 0. The number of hydrogen-bond donors (Lipinski definition) is 0. The maximum Gasteiger partial charge on any atom is 0 e. The van der Waals surface area contributed by atoms with Crippen LogP contribution in [-0.2, 0) is 26.2 Å². The van der Waals surface area contributed by atoms with Gasteiger partial charge in [-0.25, -0.2) is 12.1 Å². The molecule has 0 aliphatic rings. The van der Waals surface area contributed by atoms with Gasteiger partial charge in [0, 0.05) is 26.2 Å². The minimum absolute atomic E-state index is 0. The molecule has 0 atom stereocenters. The predicted molar refractivity (Wildman–Crippen MR) is 72.2 cm³/mol. The van der Waals surface area contributed by atoms with E-state index in [0.717, 1.165) is 0 Å². The van der Waals surface area contributed by atoms with Crippen LogP contribution >= 0.6 is 0 Å². The van der Waals surface area contributed by atoms with Crippen LogP contribution < -0.4 is 0 Å². The van der Waals surface area contributed by atoms with Crippen molar-refractivity contribution in [3.05, 3.63) is 59.7 Å². The molecule has 0 amide bonds. The second kappa shape index (κ2) is 8.64. The fourth-order valence-electron chi connectivity index (χ4n) is 1.82. The van der Waals surface area contributed by atoms with Gasteiger partial charge in [-0.1, -0.05) is 33.6 Å². The molecule has 2 aromatic rings. The van der Waals surface area contributed by atoms with Gasteiger partial charge in [0.1, 0.15) is 0 Å². The topological polar surface area (TPSA) is 0 Å². The van der Waals surface area contributed by atoms with Crippen molar-refractivity contribution in [1.29, 1.82) is 0 Å². The molecule has 0 N–H and O–H groups in total. The molecule has 0 nitrogen and oxygen atoms in total. The minimum atomic E-state index is 0. The maximum atomic E-state index is 2.25. The van der Waals surface area contributed by atoms with Crippen LogP contribution in [0, 0.1) is 0 Å². The van der Waals surface area contributed by atoms with Gasteiger partial charge < -0.3 is 30.3 Å². The average Bonchev–Trinajstić information content (AvgIpc) is 2.92. The molecule has 0 aromatic heterocycles. The van der Waals surface area contributed by atoms with Crippen LogP contribution in [0.4, 0.5) is 0 Å². The zero-order chi connectivity index (χ0) is 12.0. The molecule has 0 aliphatic carbocycles. The molecular weight excluding hydrogens is 283 g/mol. The van der Waals surface area contributed by atoms with Crippen molar-refractivity contribution >= 4 is 0 Å². The Morgan fingerprint density at radius 3 is 1.71 bits per heavy atom. The van der Waals surface area contributed by atoms with Crippen LogP contribution in [0.2, 0.25) is 0 Å². The van der Waals surface area contributed by atoms with Crippen LogP contribution in [0.3, 0.4) is 0 Å². The molecular formula is C16H22Zr-6. The van der Waals surface area contributed by atoms with Crippen molar-refractivity contribution in [1.82, 2.24) is 0 Å². The average molecular weight is 306 g/mol. The Morgan fingerprint density at radius 2 is 1.41 bits per heavy atom. The molecule has 17 heavy (non-hydrogen) atoms. The Kier molecular flexibility index (Phi) is 8.43. The van der Waals surface area contributed by atoms with Gasteiger partial charge in [-0.3, -0.25) is 0 Å². The first kappa shape index (κ1) is 16.6. The Labute approximate surface area is 125 Å². The quantitative estimate of drug-likeness (QED) is 0.681. The smallest absolute Gasteiger partial charge is 0 e. The summed E-state index contributed by atoms with van der Waals surface area (Å²) in [6, 6.07) is 16.6. The normalized spacial score (nSPS) is 9.76. The molecule has 0 radical (unpaired) electrons. The van der Waals surface area contributed by atoms with Crippen molar-refractivity contribution in [2.45, 2.75) is 39.5 Å². The van der Waals surface area contributed by atoms with E-state index in [0.29, 0.717) is 11.8 Å². The minimum Gasteiger partial charge on any atom is -0.748 e. The molecule has 0 heterocycles. The molecule has 0 aliphatic heterocycles. The molecule has 0 saturated heterocycles. The molecule has 96 valence electrons. The molecule has 0 fully saturated rings. The third-order valence-electron chi connectivity index (χ3n) is 2.68. The largest absolute Gasteiger partial charge is 0.748 e. The zero-order valence-corrected chi connectivity index (χ0v) is 13.7. The van der Waals surface area contributed by atoms with Crippen molar-refractivity contribution in [3.8, 4) is 0 Å². The fourth-order valence-corrected chi connectivity index (χ4v) is 1.82. The van der Waals surface area contributed by atoms with Gasteiger partial charge >= 0.3 is 0 Å². The summed E-state index contributed by atoms with van der Waals surface area (Å²) in [6.07, 6.45) is 0. The van der Waals surface area contributed by atoms with Gasteiger partial charge in [0.05, 0.1) is 0 Å². The molecule has 0 saturated carbocycles. The fraction of sp³-hybridized carbons (Fsp3) is 0.375.